The number of ether oxygens (including phenoxy) is 3. The van der Waals surface area contributed by atoms with Crippen LogP contribution in [0.5, 0.6) is 5.75 Å². The van der Waals surface area contributed by atoms with E-state index in [9.17, 15) is 27.2 Å². The predicted molar refractivity (Wildman–Crippen MR) is 188 cm³/mol. The van der Waals surface area contributed by atoms with Crippen molar-refractivity contribution in [3.8, 4) is 28.3 Å². The second kappa shape index (κ2) is 18.9. The molecule has 4 heterocycles. The van der Waals surface area contributed by atoms with E-state index in [0.717, 1.165) is 54.9 Å². The molecule has 2 fully saturated rings. The monoisotopic (exact) mass is 736 g/mol. The minimum Gasteiger partial charge on any atom is -0.410 e. The maximum absolute atomic E-state index is 13.3. The van der Waals surface area contributed by atoms with Gasteiger partial charge in [-0.25, -0.2) is 41.7 Å². The molecule has 2 aliphatic rings. The molecule has 11 nitrogen and oxygen atoms in total. The highest BCUT2D eigenvalue weighted by Gasteiger charge is 2.24. The van der Waals surface area contributed by atoms with Crippen molar-refractivity contribution in [2.24, 2.45) is 0 Å². The fraction of sp³-hybridized carbons (Fsp3) is 0.316. The highest BCUT2D eigenvalue weighted by Crippen LogP contribution is 2.22. The Hall–Kier alpha value is -5.38. The first-order valence-corrected chi connectivity index (χ1v) is 17.0. The molecule has 53 heavy (non-hydrogen) atoms. The summed E-state index contributed by atoms with van der Waals surface area (Å²) in [6, 6.07) is 16.1. The maximum Gasteiger partial charge on any atom is 0.424 e. The van der Waals surface area contributed by atoms with Gasteiger partial charge in [0.15, 0.2) is 23.3 Å². The van der Waals surface area contributed by atoms with Crippen molar-refractivity contribution >= 4 is 12.1 Å². The molecule has 280 valence electrons. The third-order valence-electron chi connectivity index (χ3n) is 8.65. The van der Waals surface area contributed by atoms with Crippen LogP contribution in [-0.4, -0.2) is 88.7 Å². The summed E-state index contributed by atoms with van der Waals surface area (Å²) in [6.07, 6.45) is 8.85. The molecule has 1 N–H and O–H groups in total. The lowest BCUT2D eigenvalue weighted by atomic mass is 10.1. The zero-order chi connectivity index (χ0) is 37.7. The van der Waals surface area contributed by atoms with E-state index in [4.69, 9.17) is 14.2 Å². The summed E-state index contributed by atoms with van der Waals surface area (Å²) in [5, 5.41) is 3.22. The summed E-state index contributed by atoms with van der Waals surface area (Å²) in [5.41, 5.74) is 1.54. The van der Waals surface area contributed by atoms with Crippen LogP contribution in [0.25, 0.3) is 22.5 Å². The van der Waals surface area contributed by atoms with Gasteiger partial charge in [-0.1, -0.05) is 18.2 Å². The van der Waals surface area contributed by atoms with Gasteiger partial charge in [0, 0.05) is 69.1 Å². The van der Waals surface area contributed by atoms with Gasteiger partial charge in [0.2, 0.25) is 0 Å². The largest absolute Gasteiger partial charge is 0.424 e. The van der Waals surface area contributed by atoms with Crippen LogP contribution in [0.3, 0.4) is 0 Å². The van der Waals surface area contributed by atoms with E-state index in [0.29, 0.717) is 47.5 Å². The molecule has 0 atom stereocenters. The molecule has 0 bridgehead atoms. The van der Waals surface area contributed by atoms with Crippen molar-refractivity contribution in [2.75, 3.05) is 40.5 Å². The lowest BCUT2D eigenvalue weighted by Gasteiger charge is -2.30. The van der Waals surface area contributed by atoms with Crippen LogP contribution in [-0.2, 0) is 9.47 Å². The molecule has 2 aliphatic heterocycles. The Morgan fingerprint density at radius 1 is 0.736 bits per heavy atom. The van der Waals surface area contributed by atoms with Crippen LogP contribution >= 0.6 is 0 Å². The zero-order valence-corrected chi connectivity index (χ0v) is 29.3. The summed E-state index contributed by atoms with van der Waals surface area (Å²) in [6.45, 7) is 3.16. The number of imidazole rings is 2. The second-order valence-electron chi connectivity index (χ2n) is 12.2. The Bertz CT molecular complexity index is 1940. The average Bonchev–Trinajstić information content (AvgIpc) is 3.90. The number of carbonyl (C=O) groups is 2. The van der Waals surface area contributed by atoms with Crippen molar-refractivity contribution in [3.05, 3.63) is 115 Å². The summed E-state index contributed by atoms with van der Waals surface area (Å²) in [7, 11) is 3.76. The van der Waals surface area contributed by atoms with Gasteiger partial charge in [-0.3, -0.25) is 4.57 Å². The molecule has 15 heteroatoms. The zero-order valence-electron chi connectivity index (χ0n) is 29.3. The smallest absolute Gasteiger partial charge is 0.410 e. The van der Waals surface area contributed by atoms with Crippen molar-refractivity contribution in [1.29, 1.82) is 0 Å². The predicted octanol–water partition coefficient (Wildman–Crippen LogP) is 7.17. The van der Waals surface area contributed by atoms with Crippen LogP contribution < -0.4 is 10.1 Å². The number of carbonyl (C=O) groups excluding carboxylic acids is 2. The number of hydrogen-bond acceptors (Lipinski definition) is 8. The van der Waals surface area contributed by atoms with Crippen LogP contribution in [0.2, 0.25) is 0 Å². The first kappa shape index (κ1) is 38.8. The van der Waals surface area contributed by atoms with Crippen molar-refractivity contribution < 1.29 is 41.4 Å². The molecule has 1 amide bonds. The summed E-state index contributed by atoms with van der Waals surface area (Å²) < 4.78 is 70.5. The fourth-order valence-corrected chi connectivity index (χ4v) is 5.50. The first-order chi connectivity index (χ1) is 25.6. The normalized spacial score (nSPS) is 14.7. The Labute approximate surface area is 304 Å². The number of aromatic nitrogens is 4. The van der Waals surface area contributed by atoms with E-state index in [-0.39, 0.29) is 12.1 Å². The first-order valence-electron chi connectivity index (χ1n) is 17.0. The lowest BCUT2D eigenvalue weighted by molar-refractivity contribution is 0.0528. The van der Waals surface area contributed by atoms with E-state index in [1.165, 1.54) is 54.6 Å². The van der Waals surface area contributed by atoms with Gasteiger partial charge in [0.05, 0.1) is 11.4 Å². The molecule has 0 aliphatic carbocycles. The molecule has 3 aromatic carbocycles. The van der Waals surface area contributed by atoms with Gasteiger partial charge in [-0.05, 0) is 81.3 Å². The van der Waals surface area contributed by atoms with E-state index in [1.807, 2.05) is 7.05 Å². The lowest BCUT2D eigenvalue weighted by Crippen LogP contribution is -2.42. The third kappa shape index (κ3) is 10.8. The molecular formula is C38H40F4N6O5. The van der Waals surface area contributed by atoms with Crippen LogP contribution in [0.1, 0.15) is 25.7 Å². The minimum atomic E-state index is -0.973. The van der Waals surface area contributed by atoms with Crippen molar-refractivity contribution in [2.45, 2.75) is 37.8 Å². The van der Waals surface area contributed by atoms with Gasteiger partial charge in [-0.2, -0.15) is 0 Å². The van der Waals surface area contributed by atoms with E-state index < -0.39 is 29.4 Å². The Morgan fingerprint density at radius 2 is 1.25 bits per heavy atom. The number of amides is 1. The number of nitrogens with one attached hydrogen (secondary N) is 1. The topological polar surface area (TPSA) is 113 Å². The van der Waals surface area contributed by atoms with Crippen LogP contribution in [0.15, 0.2) is 91.8 Å². The standard InChI is InChI=1S/C16H17F2N3O2.C16H10F2N2O2.C6H13NO/c1-20(12-4-6-23-7-5-12)16(22)21-9-15(19-10-21)11-2-3-13(17)14(18)8-11;17-13-7-6-11(8-14(13)18)15-9-20(10-19-15)16(21)22-12-4-2-1-3-5-12;1-7-6-2-4-8-5-3-6/h2-3,8-10,12H,4-7H2,1H3;1-10H;6-7H,2-5H2,1H3. The number of rotatable bonds is 5. The van der Waals surface area contributed by atoms with Crippen molar-refractivity contribution in [3.63, 3.8) is 0 Å². The summed E-state index contributed by atoms with van der Waals surface area (Å²) >= 11 is 0. The minimum absolute atomic E-state index is 0.130. The highest BCUT2D eigenvalue weighted by atomic mass is 19.2. The maximum atomic E-state index is 13.3. The highest BCUT2D eigenvalue weighted by molar-refractivity contribution is 5.78. The van der Waals surface area contributed by atoms with Gasteiger partial charge < -0.3 is 24.4 Å². The van der Waals surface area contributed by atoms with E-state index in [2.05, 4.69) is 15.3 Å². The number of nitrogens with zero attached hydrogens (tertiary/aromatic N) is 5. The average molecular weight is 737 g/mol. The van der Waals surface area contributed by atoms with E-state index >= 15 is 0 Å². The molecule has 2 aromatic heterocycles. The fourth-order valence-electron chi connectivity index (χ4n) is 5.50. The molecule has 0 spiro atoms. The molecular weight excluding hydrogens is 696 g/mol. The molecule has 0 radical (unpaired) electrons. The third-order valence-corrected chi connectivity index (χ3v) is 8.65. The quantitative estimate of drug-likeness (QED) is 0.189. The molecule has 0 unspecified atom stereocenters. The van der Waals surface area contributed by atoms with Crippen LogP contribution in [0.4, 0.5) is 27.2 Å². The number of para-hydroxylation sites is 1. The molecule has 2 saturated heterocycles. The Morgan fingerprint density at radius 3 is 1.75 bits per heavy atom. The Kier molecular flexibility index (Phi) is 13.9. The second-order valence-corrected chi connectivity index (χ2v) is 12.2. The Balaban J connectivity index is 0.000000170. The summed E-state index contributed by atoms with van der Waals surface area (Å²) in [4.78, 5) is 34.2. The van der Waals surface area contributed by atoms with Gasteiger partial charge >= 0.3 is 12.1 Å². The number of hydrogen-bond donors (Lipinski definition) is 1. The van der Waals surface area contributed by atoms with Gasteiger partial charge in [0.25, 0.3) is 0 Å². The molecule has 5 aromatic rings. The van der Waals surface area contributed by atoms with Crippen molar-refractivity contribution in [1.82, 2.24) is 29.3 Å². The molecule has 0 saturated carbocycles. The van der Waals surface area contributed by atoms with E-state index in [1.54, 1.807) is 42.3 Å². The van der Waals surface area contributed by atoms with Crippen LogP contribution in [0, 0.1) is 23.3 Å². The van der Waals surface area contributed by atoms with Gasteiger partial charge in [0.1, 0.15) is 18.4 Å². The molecule has 7 rings (SSSR count). The number of halogens is 4. The number of benzene rings is 3. The van der Waals surface area contributed by atoms with Gasteiger partial charge in [-0.15, -0.1) is 0 Å². The SMILES string of the molecule is CN(C(=O)n1cnc(-c2ccc(F)c(F)c2)c1)C1CCOCC1.CNC1CCOCC1.O=C(Oc1ccccc1)n1cnc(-c2ccc(F)c(F)c2)c1. The summed E-state index contributed by atoms with van der Waals surface area (Å²) in [5.74, 6) is -3.37.